The van der Waals surface area contributed by atoms with Gasteiger partial charge in [-0.05, 0) is 24.6 Å². The summed E-state index contributed by atoms with van der Waals surface area (Å²) in [7, 11) is 0. The minimum absolute atomic E-state index is 0.222. The molecule has 0 spiro atoms. The number of unbranched alkanes of at least 4 members (excludes halogenated alkanes) is 2. The minimum Gasteiger partial charge on any atom is -0.348 e. The van der Waals surface area contributed by atoms with E-state index in [1.165, 1.54) is 18.2 Å². The summed E-state index contributed by atoms with van der Waals surface area (Å²) in [5, 5.41) is 5.03. The quantitative estimate of drug-likeness (QED) is 0.538. The monoisotopic (exact) mass is 364 g/mol. The second-order valence-electron chi connectivity index (χ2n) is 6.38. The first-order chi connectivity index (χ1) is 13.0. The molecule has 0 aromatic heterocycles. The molecule has 1 aliphatic carbocycles. The van der Waals surface area contributed by atoms with Gasteiger partial charge in [-0.3, -0.25) is 19.2 Å². The fraction of sp³-hybridized carbons (Fsp3) is 0.238. The van der Waals surface area contributed by atoms with Crippen LogP contribution in [0.1, 0.15) is 58.0 Å². The Balaban J connectivity index is 1.75. The van der Waals surface area contributed by atoms with Crippen molar-refractivity contribution in [2.75, 3.05) is 11.9 Å². The number of hydrogen-bond acceptors (Lipinski definition) is 4. The number of carbonyl (C=O) groups excluding carboxylic acids is 4. The number of fused-ring (bicyclic) bond motifs is 2. The van der Waals surface area contributed by atoms with Gasteiger partial charge in [0.15, 0.2) is 11.6 Å². The molecule has 27 heavy (non-hydrogen) atoms. The largest absolute Gasteiger partial charge is 0.348 e. The van der Waals surface area contributed by atoms with Gasteiger partial charge in [-0.2, -0.15) is 0 Å². The van der Waals surface area contributed by atoms with E-state index in [-0.39, 0.29) is 17.1 Å². The zero-order chi connectivity index (χ0) is 19.4. The number of ketones is 2. The highest BCUT2D eigenvalue weighted by atomic mass is 16.2. The highest BCUT2D eigenvalue weighted by Crippen LogP contribution is 2.29. The van der Waals surface area contributed by atoms with Crippen molar-refractivity contribution in [1.82, 2.24) is 5.32 Å². The molecule has 2 aromatic carbocycles. The van der Waals surface area contributed by atoms with E-state index in [9.17, 15) is 19.2 Å². The molecule has 0 bridgehead atoms. The van der Waals surface area contributed by atoms with E-state index in [4.69, 9.17) is 0 Å². The summed E-state index contributed by atoms with van der Waals surface area (Å²) in [5.74, 6) is -2.04. The van der Waals surface area contributed by atoms with Crippen LogP contribution in [0.4, 0.5) is 5.69 Å². The van der Waals surface area contributed by atoms with Gasteiger partial charge in [0.25, 0.3) is 0 Å². The second-order valence-corrected chi connectivity index (χ2v) is 6.38. The molecule has 3 rings (SSSR count). The topological polar surface area (TPSA) is 92.3 Å². The van der Waals surface area contributed by atoms with Gasteiger partial charge in [0.2, 0.25) is 0 Å². The summed E-state index contributed by atoms with van der Waals surface area (Å²) in [6.07, 6.45) is 2.81. The van der Waals surface area contributed by atoms with E-state index in [1.54, 1.807) is 24.3 Å². The van der Waals surface area contributed by atoms with Crippen LogP contribution in [0.2, 0.25) is 0 Å². The summed E-state index contributed by atoms with van der Waals surface area (Å²) >= 11 is 0. The Morgan fingerprint density at radius 2 is 1.44 bits per heavy atom. The summed E-state index contributed by atoms with van der Waals surface area (Å²) < 4.78 is 0. The van der Waals surface area contributed by atoms with Gasteiger partial charge in [0, 0.05) is 34.5 Å². The second kappa shape index (κ2) is 7.95. The number of benzene rings is 2. The van der Waals surface area contributed by atoms with Gasteiger partial charge in [0.1, 0.15) is 0 Å². The van der Waals surface area contributed by atoms with Crippen LogP contribution in [0.25, 0.3) is 0 Å². The molecule has 0 aliphatic heterocycles. The normalized spacial score (nSPS) is 12.2. The Labute approximate surface area is 157 Å². The van der Waals surface area contributed by atoms with E-state index in [0.29, 0.717) is 28.9 Å². The van der Waals surface area contributed by atoms with Gasteiger partial charge < -0.3 is 10.6 Å². The van der Waals surface area contributed by atoms with Crippen LogP contribution in [-0.4, -0.2) is 29.9 Å². The summed E-state index contributed by atoms with van der Waals surface area (Å²) in [4.78, 5) is 49.1. The van der Waals surface area contributed by atoms with E-state index in [0.717, 1.165) is 19.3 Å². The van der Waals surface area contributed by atoms with E-state index >= 15 is 0 Å². The molecule has 2 amide bonds. The van der Waals surface area contributed by atoms with Crippen molar-refractivity contribution in [1.29, 1.82) is 0 Å². The Bertz CT molecular complexity index is 934. The average molecular weight is 364 g/mol. The molecule has 0 heterocycles. The molecule has 0 atom stereocenters. The van der Waals surface area contributed by atoms with Crippen molar-refractivity contribution >= 4 is 29.1 Å². The zero-order valence-electron chi connectivity index (χ0n) is 15.0. The lowest BCUT2D eigenvalue weighted by atomic mass is 9.84. The smallest absolute Gasteiger partial charge is 0.313 e. The third-order valence-electron chi connectivity index (χ3n) is 4.46. The number of hydrogen-bond donors (Lipinski definition) is 2. The van der Waals surface area contributed by atoms with Crippen molar-refractivity contribution < 1.29 is 19.2 Å². The van der Waals surface area contributed by atoms with E-state index in [1.807, 2.05) is 0 Å². The standard InChI is InChI=1S/C21H20N2O4/c1-2-3-6-11-22-20(26)21(27)23-13-9-10-16-17(12-13)19(25)15-8-5-4-7-14(15)18(16)24/h4-5,7-10,12H,2-3,6,11H2,1H3,(H,22,26)(H,23,27). The first-order valence-electron chi connectivity index (χ1n) is 8.94. The lowest BCUT2D eigenvalue weighted by molar-refractivity contribution is -0.136. The molecule has 138 valence electrons. The number of amides is 2. The Hall–Kier alpha value is -3.28. The minimum atomic E-state index is -0.804. The molecule has 0 fully saturated rings. The highest BCUT2D eigenvalue weighted by molar-refractivity contribution is 6.39. The Kier molecular flexibility index (Phi) is 5.45. The average Bonchev–Trinajstić information content (AvgIpc) is 2.69. The molecule has 6 nitrogen and oxygen atoms in total. The number of anilines is 1. The molecular formula is C21H20N2O4. The predicted octanol–water partition coefficient (Wildman–Crippen LogP) is 2.71. The molecular weight excluding hydrogens is 344 g/mol. The zero-order valence-corrected chi connectivity index (χ0v) is 15.0. The van der Waals surface area contributed by atoms with Crippen molar-refractivity contribution in [3.05, 3.63) is 64.7 Å². The van der Waals surface area contributed by atoms with E-state index < -0.39 is 11.8 Å². The van der Waals surface area contributed by atoms with Crippen LogP contribution >= 0.6 is 0 Å². The SMILES string of the molecule is CCCCCNC(=O)C(=O)Nc1ccc2c(c1)C(=O)c1ccccc1C2=O. The van der Waals surface area contributed by atoms with Gasteiger partial charge in [-0.1, -0.05) is 44.0 Å². The molecule has 6 heteroatoms. The van der Waals surface area contributed by atoms with Gasteiger partial charge >= 0.3 is 11.8 Å². The molecule has 0 saturated carbocycles. The lowest BCUT2D eigenvalue weighted by Crippen LogP contribution is -2.36. The summed E-state index contributed by atoms with van der Waals surface area (Å²) in [5.41, 5.74) is 1.52. The molecule has 2 N–H and O–H groups in total. The fourth-order valence-corrected chi connectivity index (χ4v) is 3.02. The van der Waals surface area contributed by atoms with Gasteiger partial charge in [0.05, 0.1) is 0 Å². The number of nitrogens with one attached hydrogen (secondary N) is 2. The Morgan fingerprint density at radius 3 is 2.11 bits per heavy atom. The third-order valence-corrected chi connectivity index (χ3v) is 4.46. The molecule has 1 aliphatic rings. The Morgan fingerprint density at radius 1 is 0.815 bits per heavy atom. The molecule has 0 unspecified atom stereocenters. The van der Waals surface area contributed by atoms with Crippen LogP contribution in [0, 0.1) is 0 Å². The third kappa shape index (κ3) is 3.79. The van der Waals surface area contributed by atoms with E-state index in [2.05, 4.69) is 17.6 Å². The lowest BCUT2D eigenvalue weighted by Gasteiger charge is -2.18. The van der Waals surface area contributed by atoms with Crippen LogP contribution in [0.3, 0.4) is 0 Å². The predicted molar refractivity (Wildman–Crippen MR) is 101 cm³/mol. The first kappa shape index (κ1) is 18.5. The maximum absolute atomic E-state index is 12.7. The first-order valence-corrected chi connectivity index (χ1v) is 8.94. The van der Waals surface area contributed by atoms with Crippen LogP contribution in [-0.2, 0) is 9.59 Å². The maximum Gasteiger partial charge on any atom is 0.313 e. The van der Waals surface area contributed by atoms with Gasteiger partial charge in [-0.25, -0.2) is 0 Å². The summed E-state index contributed by atoms with van der Waals surface area (Å²) in [6.45, 7) is 2.49. The van der Waals surface area contributed by atoms with Crippen molar-refractivity contribution in [3.63, 3.8) is 0 Å². The molecule has 0 radical (unpaired) electrons. The summed E-state index contributed by atoms with van der Waals surface area (Å²) in [6, 6.07) is 11.1. The number of rotatable bonds is 5. The maximum atomic E-state index is 12.7. The highest BCUT2D eigenvalue weighted by Gasteiger charge is 2.29. The van der Waals surface area contributed by atoms with Crippen LogP contribution < -0.4 is 10.6 Å². The molecule has 2 aromatic rings. The van der Waals surface area contributed by atoms with Crippen LogP contribution in [0.15, 0.2) is 42.5 Å². The molecule has 0 saturated heterocycles. The van der Waals surface area contributed by atoms with Gasteiger partial charge in [-0.15, -0.1) is 0 Å². The fourth-order valence-electron chi connectivity index (χ4n) is 3.02. The van der Waals surface area contributed by atoms with Crippen molar-refractivity contribution in [2.24, 2.45) is 0 Å². The van der Waals surface area contributed by atoms with Crippen molar-refractivity contribution in [3.8, 4) is 0 Å². The number of carbonyl (C=O) groups is 4. The van der Waals surface area contributed by atoms with Crippen molar-refractivity contribution in [2.45, 2.75) is 26.2 Å². The van der Waals surface area contributed by atoms with Crippen LogP contribution in [0.5, 0.6) is 0 Å².